The lowest BCUT2D eigenvalue weighted by Crippen LogP contribution is -2.36. The predicted octanol–water partition coefficient (Wildman–Crippen LogP) is 2.64. The van der Waals surface area contributed by atoms with Crippen molar-refractivity contribution in [3.63, 3.8) is 0 Å². The molecule has 0 amide bonds. The summed E-state index contributed by atoms with van der Waals surface area (Å²) in [4.78, 5) is 12.2. The monoisotopic (exact) mass is 302 g/mol. The highest BCUT2D eigenvalue weighted by Gasteiger charge is 2.57. The Hall–Kier alpha value is -2.11. The van der Waals surface area contributed by atoms with E-state index in [2.05, 4.69) is 0 Å². The molecule has 1 aromatic carbocycles. The minimum atomic E-state index is -1.23. The summed E-state index contributed by atoms with van der Waals surface area (Å²) in [5.74, 6) is -0.918. The second-order valence-electron chi connectivity index (χ2n) is 5.39. The van der Waals surface area contributed by atoms with E-state index < -0.39 is 11.6 Å². The van der Waals surface area contributed by atoms with Crippen LogP contribution in [0.25, 0.3) is 0 Å². The lowest BCUT2D eigenvalue weighted by Gasteiger charge is -2.31. The van der Waals surface area contributed by atoms with Crippen LogP contribution in [-0.4, -0.2) is 26.0 Å². The van der Waals surface area contributed by atoms with Crippen molar-refractivity contribution in [1.82, 2.24) is 0 Å². The van der Waals surface area contributed by atoms with E-state index in [1.807, 2.05) is 30.3 Å². The molecule has 0 saturated carbocycles. The average Bonchev–Trinajstić information content (AvgIpc) is 2.82. The largest absolute Gasteiger partial charge is 0.504 e. The molecule has 0 radical (unpaired) electrons. The number of ether oxygens (including phenoxy) is 4. The van der Waals surface area contributed by atoms with Gasteiger partial charge in [0, 0.05) is 32.1 Å². The molecule has 1 saturated heterocycles. The maximum Gasteiger partial charge on any atom is 0.324 e. The maximum absolute atomic E-state index is 12.2. The zero-order chi connectivity index (χ0) is 15.8. The van der Waals surface area contributed by atoms with Crippen LogP contribution in [0.2, 0.25) is 0 Å². The molecule has 1 fully saturated rings. The first-order valence-corrected chi connectivity index (χ1v) is 7.01. The number of hydrogen-bond acceptors (Lipinski definition) is 5. The van der Waals surface area contributed by atoms with Crippen LogP contribution in [0.15, 0.2) is 54.0 Å². The first kappa shape index (κ1) is 14.8. The Morgan fingerprint density at radius 1 is 1.23 bits per heavy atom. The number of allylic oxidation sites excluding steroid dienone is 1. The first-order valence-electron chi connectivity index (χ1n) is 7.01. The van der Waals surface area contributed by atoms with E-state index in [0.29, 0.717) is 17.8 Å². The van der Waals surface area contributed by atoms with Crippen LogP contribution in [0.5, 0.6) is 0 Å². The van der Waals surface area contributed by atoms with Crippen molar-refractivity contribution in [2.75, 3.05) is 14.2 Å². The van der Waals surface area contributed by atoms with E-state index in [1.54, 1.807) is 6.92 Å². The molecule has 2 aliphatic rings. The van der Waals surface area contributed by atoms with E-state index in [0.717, 1.165) is 5.56 Å². The Morgan fingerprint density at radius 3 is 2.59 bits per heavy atom. The molecule has 1 aromatic rings. The van der Waals surface area contributed by atoms with E-state index >= 15 is 0 Å². The van der Waals surface area contributed by atoms with Gasteiger partial charge in [0.25, 0.3) is 0 Å². The zero-order valence-corrected chi connectivity index (χ0v) is 12.8. The van der Waals surface area contributed by atoms with Gasteiger partial charge in [0.15, 0.2) is 11.4 Å². The smallest absolute Gasteiger partial charge is 0.324 e. The van der Waals surface area contributed by atoms with Crippen molar-refractivity contribution in [2.45, 2.75) is 24.9 Å². The highest BCUT2D eigenvalue weighted by Crippen LogP contribution is 2.52. The first-order chi connectivity index (χ1) is 10.5. The lowest BCUT2D eigenvalue weighted by molar-refractivity contribution is -0.322. The molecular weight excluding hydrogens is 284 g/mol. The summed E-state index contributed by atoms with van der Waals surface area (Å²) in [6, 6.07) is 9.65. The summed E-state index contributed by atoms with van der Waals surface area (Å²) in [6.45, 7) is 1.68. The summed E-state index contributed by atoms with van der Waals surface area (Å²) in [5.41, 5.74) is 0.542. The van der Waals surface area contributed by atoms with Gasteiger partial charge in [0.1, 0.15) is 5.76 Å². The van der Waals surface area contributed by atoms with Crippen LogP contribution in [0.4, 0.5) is 0 Å². The fourth-order valence-corrected chi connectivity index (χ4v) is 2.84. The molecule has 5 nitrogen and oxygen atoms in total. The topological polar surface area (TPSA) is 54.0 Å². The quantitative estimate of drug-likeness (QED) is 0.634. The third-order valence-corrected chi connectivity index (χ3v) is 3.94. The van der Waals surface area contributed by atoms with Crippen LogP contribution in [0.3, 0.4) is 0 Å². The highest BCUT2D eigenvalue weighted by molar-refractivity contribution is 6.05. The number of carbonyl (C=O) groups excluding carboxylic acids is 1. The van der Waals surface area contributed by atoms with Gasteiger partial charge in [-0.2, -0.15) is 0 Å². The fourth-order valence-electron chi connectivity index (χ4n) is 2.84. The van der Waals surface area contributed by atoms with Crippen molar-refractivity contribution in [1.29, 1.82) is 0 Å². The molecule has 2 atom stereocenters. The SMILES string of the molecule is CO/C=C1\C[C@]2(c3ccccc3)O[C@](C)(OC)OC2=CC1=O. The van der Waals surface area contributed by atoms with Gasteiger partial charge in [-0.05, 0) is 5.56 Å². The number of hydrogen-bond donors (Lipinski definition) is 0. The van der Waals surface area contributed by atoms with Crippen LogP contribution in [-0.2, 0) is 29.3 Å². The third kappa shape index (κ3) is 2.23. The van der Waals surface area contributed by atoms with Gasteiger partial charge in [0.05, 0.1) is 13.4 Å². The summed E-state index contributed by atoms with van der Waals surface area (Å²) >= 11 is 0. The minimum Gasteiger partial charge on any atom is -0.504 e. The number of ketones is 1. The van der Waals surface area contributed by atoms with Gasteiger partial charge in [-0.15, -0.1) is 0 Å². The van der Waals surface area contributed by atoms with E-state index in [-0.39, 0.29) is 5.78 Å². The predicted molar refractivity (Wildman–Crippen MR) is 78.5 cm³/mol. The summed E-state index contributed by atoms with van der Waals surface area (Å²) in [6.07, 6.45) is 3.23. The van der Waals surface area contributed by atoms with Gasteiger partial charge in [0.2, 0.25) is 0 Å². The van der Waals surface area contributed by atoms with Crippen molar-refractivity contribution >= 4 is 5.78 Å². The second kappa shape index (κ2) is 5.26. The molecule has 1 aliphatic heterocycles. The highest BCUT2D eigenvalue weighted by atomic mass is 16.9. The van der Waals surface area contributed by atoms with Crippen LogP contribution in [0, 0.1) is 0 Å². The van der Waals surface area contributed by atoms with E-state index in [9.17, 15) is 4.79 Å². The molecule has 0 unspecified atom stereocenters. The molecule has 1 aliphatic carbocycles. The molecule has 3 rings (SSSR count). The molecular formula is C17H18O5. The molecule has 5 heteroatoms. The molecule has 116 valence electrons. The molecule has 0 spiro atoms. The molecule has 0 aromatic heterocycles. The number of rotatable bonds is 3. The average molecular weight is 302 g/mol. The fraction of sp³-hybridized carbons (Fsp3) is 0.353. The van der Waals surface area contributed by atoms with Crippen LogP contribution < -0.4 is 0 Å². The third-order valence-electron chi connectivity index (χ3n) is 3.94. The number of carbonyl (C=O) groups is 1. The molecule has 22 heavy (non-hydrogen) atoms. The Balaban J connectivity index is 2.15. The molecule has 0 bridgehead atoms. The van der Waals surface area contributed by atoms with Crippen LogP contribution in [0.1, 0.15) is 18.9 Å². The maximum atomic E-state index is 12.2. The minimum absolute atomic E-state index is 0.146. The Morgan fingerprint density at radius 2 is 1.95 bits per heavy atom. The standard InChI is InChI=1S/C17H18O5/c1-16(20-3)21-15-9-14(18)12(11-19-2)10-17(15,22-16)13-7-5-4-6-8-13/h4-9,11H,10H2,1-3H3/b12-11+/t16-,17-/m1/s1. The Bertz CT molecular complexity index is 648. The van der Waals surface area contributed by atoms with Crippen molar-refractivity contribution in [3.8, 4) is 0 Å². The second-order valence-corrected chi connectivity index (χ2v) is 5.39. The van der Waals surface area contributed by atoms with Gasteiger partial charge < -0.3 is 14.2 Å². The number of benzene rings is 1. The van der Waals surface area contributed by atoms with Crippen molar-refractivity contribution < 1.29 is 23.7 Å². The Kier molecular flexibility index (Phi) is 3.54. The summed E-state index contributed by atoms with van der Waals surface area (Å²) in [7, 11) is 3.02. The Labute approximate surface area is 129 Å². The van der Waals surface area contributed by atoms with Crippen LogP contribution >= 0.6 is 0 Å². The van der Waals surface area contributed by atoms with Crippen molar-refractivity contribution in [2.24, 2.45) is 0 Å². The van der Waals surface area contributed by atoms with Gasteiger partial charge >= 0.3 is 5.97 Å². The molecule has 0 N–H and O–H groups in total. The molecule has 1 heterocycles. The lowest BCUT2D eigenvalue weighted by atomic mass is 9.80. The zero-order valence-electron chi connectivity index (χ0n) is 12.8. The van der Waals surface area contributed by atoms with Gasteiger partial charge in [-0.25, -0.2) is 0 Å². The van der Waals surface area contributed by atoms with Gasteiger partial charge in [-0.1, -0.05) is 30.3 Å². The number of methoxy groups -OCH3 is 2. The van der Waals surface area contributed by atoms with Gasteiger partial charge in [-0.3, -0.25) is 9.53 Å². The number of fused-ring (bicyclic) bond motifs is 1. The van der Waals surface area contributed by atoms with Crippen molar-refractivity contribution in [3.05, 3.63) is 59.6 Å². The summed E-state index contributed by atoms with van der Waals surface area (Å²) < 4.78 is 22.3. The van der Waals surface area contributed by atoms with E-state index in [1.165, 1.54) is 26.6 Å². The summed E-state index contributed by atoms with van der Waals surface area (Å²) in [5, 5.41) is 0. The van der Waals surface area contributed by atoms with E-state index in [4.69, 9.17) is 18.9 Å². The normalized spacial score (nSPS) is 32.4.